The van der Waals surface area contributed by atoms with Gasteiger partial charge < -0.3 is 0 Å². The van der Waals surface area contributed by atoms with E-state index in [4.69, 9.17) is 0 Å². The van der Waals surface area contributed by atoms with Crippen LogP contribution in [0.1, 0.15) is 169 Å². The van der Waals surface area contributed by atoms with E-state index in [-0.39, 0.29) is 54.1 Å². The molecule has 6 aliphatic rings. The van der Waals surface area contributed by atoms with Crippen LogP contribution >= 0.6 is 0 Å². The van der Waals surface area contributed by atoms with E-state index in [1.54, 1.807) is 33.4 Å². The molecule has 0 N–H and O–H groups in total. The minimum atomic E-state index is 0.00380. The van der Waals surface area contributed by atoms with Crippen molar-refractivity contribution < 1.29 is 0 Å². The summed E-state index contributed by atoms with van der Waals surface area (Å²) in [6, 6.07) is 38.0. The second-order valence-electron chi connectivity index (χ2n) is 27.4. The number of fused-ring (bicyclic) bond motifs is 13. The molecule has 0 spiro atoms. The van der Waals surface area contributed by atoms with E-state index in [1.807, 2.05) is 0 Å². The fraction of sp³-hybridized carbons (Fsp3) is 0.457. The Balaban J connectivity index is 0.000000153. The lowest BCUT2D eigenvalue weighted by Crippen LogP contribution is -2.79. The Kier molecular flexibility index (Phi) is 9.18. The fourth-order valence-corrected chi connectivity index (χ4v) is 17.9. The lowest BCUT2D eigenvalue weighted by atomic mass is 9.22. The van der Waals surface area contributed by atoms with Crippen molar-refractivity contribution in [3.63, 3.8) is 0 Å². The molecule has 2 unspecified atom stereocenters. The average Bonchev–Trinajstić information content (AvgIpc) is 3.31. The van der Waals surface area contributed by atoms with Gasteiger partial charge in [0.2, 0.25) is 0 Å². The lowest BCUT2D eigenvalue weighted by Gasteiger charge is -2.82. The molecule has 0 amide bonds. The summed E-state index contributed by atoms with van der Waals surface area (Å²) >= 11 is 0. The molecule has 8 aromatic carbocycles. The summed E-state index contributed by atoms with van der Waals surface area (Å²) in [7, 11) is 0. The van der Waals surface area contributed by atoms with Gasteiger partial charge in [-0.15, -0.1) is 0 Å². The topological polar surface area (TPSA) is 0 Å². The predicted octanol–water partition coefficient (Wildman–Crippen LogP) is 20.1. The molecule has 1 fully saturated rings. The summed E-state index contributed by atoms with van der Waals surface area (Å²) in [6.07, 6.45) is 0. The monoisotopic (exact) mass is 923 g/mol. The molecule has 0 heterocycles. The molecule has 6 aliphatic carbocycles. The van der Waals surface area contributed by atoms with Crippen molar-refractivity contribution >= 4 is 64.6 Å². The Morgan fingerprint density at radius 3 is 0.786 bits per heavy atom. The zero-order valence-electron chi connectivity index (χ0n) is 47.2. The van der Waals surface area contributed by atoms with E-state index in [9.17, 15) is 0 Å². The fourth-order valence-electron chi connectivity index (χ4n) is 17.9. The third kappa shape index (κ3) is 4.75. The Hall–Kier alpha value is -4.94. The molecule has 70 heavy (non-hydrogen) atoms. The molecule has 14 rings (SSSR count). The molecule has 0 aromatic heterocycles. The number of benzene rings is 8. The van der Waals surface area contributed by atoms with Gasteiger partial charge in [0.15, 0.2) is 0 Å². The third-order valence-corrected chi connectivity index (χ3v) is 25.5. The molecule has 0 radical (unpaired) electrons. The maximum atomic E-state index is 2.64. The molecular formula is C70H82. The van der Waals surface area contributed by atoms with E-state index < -0.39 is 0 Å². The zero-order chi connectivity index (χ0) is 51.0. The molecule has 0 saturated heterocycles. The number of allylic oxidation sites excluding steroid dienone is 2. The van der Waals surface area contributed by atoms with Crippen LogP contribution in [-0.4, -0.2) is 0 Å². The van der Waals surface area contributed by atoms with Crippen molar-refractivity contribution in [1.29, 1.82) is 0 Å². The molecule has 2 atom stereocenters. The highest BCUT2D eigenvalue weighted by atomic mass is 14.8. The first kappa shape index (κ1) is 47.4. The summed E-state index contributed by atoms with van der Waals surface area (Å²) in [5, 5.41) is 16.7. The van der Waals surface area contributed by atoms with Crippen LogP contribution in [0.4, 0.5) is 0 Å². The third-order valence-electron chi connectivity index (χ3n) is 25.5. The van der Waals surface area contributed by atoms with Crippen LogP contribution in [0, 0.1) is 60.2 Å². The van der Waals surface area contributed by atoms with Gasteiger partial charge in [0.25, 0.3) is 0 Å². The van der Waals surface area contributed by atoms with Gasteiger partial charge in [-0.25, -0.2) is 0 Å². The maximum absolute atomic E-state index is 2.64. The van der Waals surface area contributed by atoms with E-state index in [2.05, 4.69) is 249 Å². The van der Waals surface area contributed by atoms with Crippen molar-refractivity contribution in [3.8, 4) is 0 Å². The van der Waals surface area contributed by atoms with Crippen LogP contribution in [0.2, 0.25) is 0 Å². The summed E-state index contributed by atoms with van der Waals surface area (Å²) in [6.45, 7) is 54.7. The van der Waals surface area contributed by atoms with Gasteiger partial charge in [-0.3, -0.25) is 0 Å². The molecule has 0 aliphatic heterocycles. The molecule has 362 valence electrons. The van der Waals surface area contributed by atoms with Gasteiger partial charge in [-0.05, 0) is 207 Å². The number of hydrogen-bond acceptors (Lipinski definition) is 0. The van der Waals surface area contributed by atoms with Crippen LogP contribution in [0.5, 0.6) is 0 Å². The van der Waals surface area contributed by atoms with Gasteiger partial charge in [0, 0.05) is 21.7 Å². The highest BCUT2D eigenvalue weighted by molar-refractivity contribution is 6.20. The number of rotatable bonds is 0. The second-order valence-corrected chi connectivity index (χ2v) is 27.4. The van der Waals surface area contributed by atoms with Crippen LogP contribution in [0.3, 0.4) is 0 Å². The van der Waals surface area contributed by atoms with Gasteiger partial charge in [-0.1, -0.05) is 195 Å². The van der Waals surface area contributed by atoms with E-state index >= 15 is 0 Å². The molecular weight excluding hydrogens is 841 g/mol. The smallest absolute Gasteiger partial charge is 0.0193 e. The SMILES string of the molecule is CC1=C(C)C2(C)c3cc4c(cc3C1(C)C(C)(C)C2(C)C)c(C)cc1c2ccccc2c(C)cc41.Cc1cc2c3cc4c(cc3c(C)cc2c2ccccc12)C1(C)C(C)(C)C(C)(C)C4(C)C(C)(C)C1(C)C. The maximum Gasteiger partial charge on any atom is 0.0193 e. The van der Waals surface area contributed by atoms with Crippen molar-refractivity contribution in [2.45, 2.75) is 174 Å². The van der Waals surface area contributed by atoms with Gasteiger partial charge in [-0.2, -0.15) is 0 Å². The predicted molar refractivity (Wildman–Crippen MR) is 307 cm³/mol. The van der Waals surface area contributed by atoms with Crippen LogP contribution in [0.15, 0.2) is 108 Å². The van der Waals surface area contributed by atoms with Crippen molar-refractivity contribution in [1.82, 2.24) is 0 Å². The highest BCUT2D eigenvalue weighted by Crippen LogP contribution is 2.83. The normalized spacial score (nSPS) is 28.1. The first-order chi connectivity index (χ1) is 32.3. The van der Waals surface area contributed by atoms with Crippen LogP contribution in [-0.2, 0) is 21.7 Å². The highest BCUT2D eigenvalue weighted by Gasteiger charge is 2.79. The Morgan fingerprint density at radius 2 is 0.457 bits per heavy atom. The molecule has 0 heteroatoms. The minimum absolute atomic E-state index is 0.00380. The first-order valence-corrected chi connectivity index (χ1v) is 26.8. The summed E-state index contributed by atoms with van der Waals surface area (Å²) in [5.41, 5.74) is 15.8. The zero-order valence-corrected chi connectivity index (χ0v) is 47.2. The van der Waals surface area contributed by atoms with Gasteiger partial charge in [0.1, 0.15) is 0 Å². The molecule has 0 nitrogen and oxygen atoms in total. The van der Waals surface area contributed by atoms with E-state index in [0.29, 0.717) is 0 Å². The number of aryl methyl sites for hydroxylation is 4. The summed E-state index contributed by atoms with van der Waals surface area (Å²) in [5.74, 6) is 0. The van der Waals surface area contributed by atoms with Gasteiger partial charge in [0.05, 0.1) is 0 Å². The van der Waals surface area contributed by atoms with E-state index in [1.165, 1.54) is 86.9 Å². The molecule has 4 bridgehead atoms. The van der Waals surface area contributed by atoms with Crippen molar-refractivity contribution in [2.75, 3.05) is 0 Å². The lowest BCUT2D eigenvalue weighted by molar-refractivity contribution is -0.246. The quantitative estimate of drug-likeness (QED) is 0.105. The largest absolute Gasteiger partial charge is 0.0626 e. The molecule has 1 saturated carbocycles. The van der Waals surface area contributed by atoms with Crippen LogP contribution in [0.25, 0.3) is 64.6 Å². The average molecular weight is 923 g/mol. The van der Waals surface area contributed by atoms with Gasteiger partial charge >= 0.3 is 0 Å². The van der Waals surface area contributed by atoms with E-state index in [0.717, 1.165) is 0 Å². The minimum Gasteiger partial charge on any atom is -0.0626 e. The summed E-state index contributed by atoms with van der Waals surface area (Å²) < 4.78 is 0. The Morgan fingerprint density at radius 1 is 0.229 bits per heavy atom. The first-order valence-electron chi connectivity index (χ1n) is 26.8. The molecule has 8 aromatic rings. The van der Waals surface area contributed by atoms with Crippen molar-refractivity contribution in [2.24, 2.45) is 32.5 Å². The Labute approximate surface area is 421 Å². The summed E-state index contributed by atoms with van der Waals surface area (Å²) in [4.78, 5) is 0. The van der Waals surface area contributed by atoms with Crippen molar-refractivity contribution in [3.05, 3.63) is 153 Å². The Bertz CT molecular complexity index is 3690. The van der Waals surface area contributed by atoms with Crippen LogP contribution < -0.4 is 0 Å². The standard InChI is InChI=1S/C36H44.C34H38/c1-21-17-27-26(24-16-14-13-15-23(21)24)18-22(2)25-19-29-30(20-28(25)27)36(12)33(7,8)31(3,4)35(29,11)32(5,6)34(36,9)10;1-19-15-27-26(24-14-12-11-13-23(19)24)16-20(2)25-17-29-30(18-28(25)27)34(10)22(4)21(3)33(29,9)31(5,6)32(34,7)8/h13-20H,1-12H3;11-18H,1-10H3. The number of hydrogen-bond donors (Lipinski definition) is 0. The second kappa shape index (κ2) is 13.6.